The van der Waals surface area contributed by atoms with Crippen molar-refractivity contribution in [3.05, 3.63) is 53.5 Å². The van der Waals surface area contributed by atoms with Gasteiger partial charge < -0.3 is 14.5 Å². The summed E-state index contributed by atoms with van der Waals surface area (Å²) < 4.78 is 10.5. The zero-order valence-electron chi connectivity index (χ0n) is 12.7. The number of methoxy groups -OCH3 is 1. The van der Waals surface area contributed by atoms with Gasteiger partial charge in [0.1, 0.15) is 5.75 Å². The molecule has 0 spiro atoms. The van der Waals surface area contributed by atoms with Crippen molar-refractivity contribution >= 4 is 5.91 Å². The van der Waals surface area contributed by atoms with E-state index in [2.05, 4.69) is 37.4 Å². The molecule has 0 bridgehead atoms. The van der Waals surface area contributed by atoms with Crippen LogP contribution in [0.2, 0.25) is 0 Å². The van der Waals surface area contributed by atoms with Crippen LogP contribution >= 0.6 is 0 Å². The maximum absolute atomic E-state index is 11.8. The summed E-state index contributed by atoms with van der Waals surface area (Å²) >= 11 is 0. The molecule has 0 saturated heterocycles. The van der Waals surface area contributed by atoms with E-state index in [1.54, 1.807) is 19.2 Å². The fourth-order valence-corrected chi connectivity index (χ4v) is 2.13. The number of amides is 1. The number of carbonyl (C=O) groups is 1. The van der Waals surface area contributed by atoms with Gasteiger partial charge >= 0.3 is 0 Å². The molecule has 21 heavy (non-hydrogen) atoms. The predicted molar refractivity (Wildman–Crippen MR) is 81.8 cm³/mol. The Balaban J connectivity index is 1.95. The van der Waals surface area contributed by atoms with Crippen LogP contribution in [0.1, 0.15) is 41.4 Å². The SMILES string of the molecule is COc1cc(C(C)C)ccc1CCNC(=O)c1ccco1. The molecule has 4 heteroatoms. The van der Waals surface area contributed by atoms with Crippen LogP contribution in [0.25, 0.3) is 0 Å². The molecule has 1 heterocycles. The van der Waals surface area contributed by atoms with Crippen LogP contribution in [0.15, 0.2) is 41.0 Å². The van der Waals surface area contributed by atoms with E-state index >= 15 is 0 Å². The topological polar surface area (TPSA) is 51.5 Å². The van der Waals surface area contributed by atoms with E-state index in [-0.39, 0.29) is 5.91 Å². The van der Waals surface area contributed by atoms with Gasteiger partial charge in [-0.3, -0.25) is 4.79 Å². The van der Waals surface area contributed by atoms with Crippen molar-refractivity contribution in [1.82, 2.24) is 5.32 Å². The summed E-state index contributed by atoms with van der Waals surface area (Å²) in [5.74, 6) is 1.47. The van der Waals surface area contributed by atoms with Crippen LogP contribution in [-0.4, -0.2) is 19.6 Å². The Labute approximate surface area is 125 Å². The van der Waals surface area contributed by atoms with Crippen LogP contribution in [0.4, 0.5) is 0 Å². The van der Waals surface area contributed by atoms with E-state index in [1.165, 1.54) is 11.8 Å². The maximum Gasteiger partial charge on any atom is 0.286 e. The summed E-state index contributed by atoms with van der Waals surface area (Å²) in [6, 6.07) is 9.58. The summed E-state index contributed by atoms with van der Waals surface area (Å²) in [6.45, 7) is 4.84. The minimum absolute atomic E-state index is 0.197. The Morgan fingerprint density at radius 1 is 1.33 bits per heavy atom. The lowest BCUT2D eigenvalue weighted by atomic mass is 10.00. The highest BCUT2D eigenvalue weighted by atomic mass is 16.5. The number of hydrogen-bond donors (Lipinski definition) is 1. The van der Waals surface area contributed by atoms with Gasteiger partial charge in [0.15, 0.2) is 5.76 Å². The smallest absolute Gasteiger partial charge is 0.286 e. The molecule has 0 aliphatic carbocycles. The van der Waals surface area contributed by atoms with Crippen molar-refractivity contribution in [2.75, 3.05) is 13.7 Å². The highest BCUT2D eigenvalue weighted by Crippen LogP contribution is 2.24. The first-order valence-electron chi connectivity index (χ1n) is 7.10. The number of carbonyl (C=O) groups excluding carboxylic acids is 1. The van der Waals surface area contributed by atoms with Crippen LogP contribution in [0.3, 0.4) is 0 Å². The van der Waals surface area contributed by atoms with Crippen molar-refractivity contribution in [3.8, 4) is 5.75 Å². The first-order valence-corrected chi connectivity index (χ1v) is 7.10. The minimum Gasteiger partial charge on any atom is -0.496 e. The third-order valence-corrected chi connectivity index (χ3v) is 3.40. The van der Waals surface area contributed by atoms with Crippen molar-refractivity contribution in [2.45, 2.75) is 26.2 Å². The Morgan fingerprint density at radius 3 is 2.76 bits per heavy atom. The van der Waals surface area contributed by atoms with Gasteiger partial charge in [0, 0.05) is 6.54 Å². The maximum atomic E-state index is 11.8. The monoisotopic (exact) mass is 287 g/mol. The molecule has 0 unspecified atom stereocenters. The normalized spacial score (nSPS) is 10.7. The number of ether oxygens (including phenoxy) is 1. The Kier molecular flexibility index (Phi) is 5.04. The van der Waals surface area contributed by atoms with Gasteiger partial charge in [-0.1, -0.05) is 26.0 Å². The predicted octanol–water partition coefficient (Wildman–Crippen LogP) is 3.38. The Hall–Kier alpha value is -2.23. The molecular formula is C17H21NO3. The lowest BCUT2D eigenvalue weighted by Crippen LogP contribution is -2.25. The highest BCUT2D eigenvalue weighted by molar-refractivity contribution is 5.91. The lowest BCUT2D eigenvalue weighted by Gasteiger charge is -2.13. The second kappa shape index (κ2) is 6.97. The Morgan fingerprint density at radius 2 is 2.14 bits per heavy atom. The molecule has 0 saturated carbocycles. The molecule has 2 aromatic rings. The van der Waals surface area contributed by atoms with E-state index in [0.717, 1.165) is 11.3 Å². The van der Waals surface area contributed by atoms with E-state index in [9.17, 15) is 4.79 Å². The van der Waals surface area contributed by atoms with E-state index < -0.39 is 0 Å². The molecule has 0 aliphatic rings. The van der Waals surface area contributed by atoms with Gasteiger partial charge in [0.25, 0.3) is 5.91 Å². The van der Waals surface area contributed by atoms with Crippen LogP contribution < -0.4 is 10.1 Å². The highest BCUT2D eigenvalue weighted by Gasteiger charge is 2.10. The quantitative estimate of drug-likeness (QED) is 0.886. The summed E-state index contributed by atoms with van der Waals surface area (Å²) in [6.07, 6.45) is 2.20. The molecule has 1 aromatic heterocycles. The van der Waals surface area contributed by atoms with Crippen LogP contribution in [0.5, 0.6) is 5.75 Å². The standard InChI is InChI=1S/C17H21NO3/c1-12(2)14-7-6-13(16(11-14)20-3)8-9-18-17(19)15-5-4-10-21-15/h4-7,10-12H,8-9H2,1-3H3,(H,18,19). The molecule has 0 radical (unpaired) electrons. The number of benzene rings is 1. The lowest BCUT2D eigenvalue weighted by molar-refractivity contribution is 0.0926. The fraction of sp³-hybridized carbons (Fsp3) is 0.353. The van der Waals surface area contributed by atoms with E-state index in [1.807, 2.05) is 0 Å². The van der Waals surface area contributed by atoms with Gasteiger partial charge in [-0.15, -0.1) is 0 Å². The second-order valence-corrected chi connectivity index (χ2v) is 5.21. The fourth-order valence-electron chi connectivity index (χ4n) is 2.13. The second-order valence-electron chi connectivity index (χ2n) is 5.21. The summed E-state index contributed by atoms with van der Waals surface area (Å²) in [4.78, 5) is 11.8. The number of hydrogen-bond acceptors (Lipinski definition) is 3. The molecule has 0 aliphatic heterocycles. The van der Waals surface area contributed by atoms with Crippen molar-refractivity contribution in [1.29, 1.82) is 0 Å². The number of rotatable bonds is 6. The van der Waals surface area contributed by atoms with Crippen molar-refractivity contribution in [2.24, 2.45) is 0 Å². The van der Waals surface area contributed by atoms with Crippen LogP contribution in [0, 0.1) is 0 Å². The van der Waals surface area contributed by atoms with Crippen LogP contribution in [-0.2, 0) is 6.42 Å². The molecule has 0 fully saturated rings. The molecule has 112 valence electrons. The molecule has 2 rings (SSSR count). The van der Waals surface area contributed by atoms with Gasteiger partial charge in [0.2, 0.25) is 0 Å². The molecule has 1 amide bonds. The van der Waals surface area contributed by atoms with Crippen molar-refractivity contribution < 1.29 is 13.9 Å². The number of nitrogens with one attached hydrogen (secondary N) is 1. The first kappa shape index (κ1) is 15.2. The van der Waals surface area contributed by atoms with E-state index in [0.29, 0.717) is 24.6 Å². The zero-order chi connectivity index (χ0) is 15.2. The number of furan rings is 1. The summed E-state index contributed by atoms with van der Waals surface area (Å²) in [5.41, 5.74) is 2.33. The molecule has 1 N–H and O–H groups in total. The summed E-state index contributed by atoms with van der Waals surface area (Å²) in [5, 5.41) is 2.83. The minimum atomic E-state index is -0.197. The van der Waals surface area contributed by atoms with Crippen molar-refractivity contribution in [3.63, 3.8) is 0 Å². The Bertz CT molecular complexity index is 588. The molecule has 1 aromatic carbocycles. The third kappa shape index (κ3) is 3.88. The summed E-state index contributed by atoms with van der Waals surface area (Å²) in [7, 11) is 1.67. The molecule has 4 nitrogen and oxygen atoms in total. The molecule has 0 atom stereocenters. The van der Waals surface area contributed by atoms with Gasteiger partial charge in [0.05, 0.1) is 13.4 Å². The zero-order valence-corrected chi connectivity index (χ0v) is 12.7. The third-order valence-electron chi connectivity index (χ3n) is 3.40. The largest absolute Gasteiger partial charge is 0.496 e. The van der Waals surface area contributed by atoms with Gasteiger partial charge in [-0.2, -0.15) is 0 Å². The van der Waals surface area contributed by atoms with Gasteiger partial charge in [-0.05, 0) is 41.7 Å². The average Bonchev–Trinajstić information content (AvgIpc) is 3.01. The molecular weight excluding hydrogens is 266 g/mol. The average molecular weight is 287 g/mol. The van der Waals surface area contributed by atoms with Gasteiger partial charge in [-0.25, -0.2) is 0 Å². The van der Waals surface area contributed by atoms with E-state index in [4.69, 9.17) is 9.15 Å². The first-order chi connectivity index (χ1) is 10.1.